The van der Waals surface area contributed by atoms with Crippen molar-refractivity contribution in [2.75, 3.05) is 33.4 Å². The van der Waals surface area contributed by atoms with Gasteiger partial charge in [0, 0.05) is 26.4 Å². The second-order valence-electron chi connectivity index (χ2n) is 5.43. The van der Waals surface area contributed by atoms with Gasteiger partial charge in [0.1, 0.15) is 0 Å². The molecule has 2 heterocycles. The number of aromatic nitrogens is 2. The molecule has 0 aromatic carbocycles. The number of hydrogen-bond acceptors (Lipinski definition) is 5. The van der Waals surface area contributed by atoms with E-state index in [0.717, 1.165) is 39.0 Å². The minimum Gasteiger partial charge on any atom is -0.394 e. The van der Waals surface area contributed by atoms with Gasteiger partial charge in [0.2, 0.25) is 0 Å². The monoisotopic (exact) mass is 283 g/mol. The lowest BCUT2D eigenvalue weighted by molar-refractivity contribution is 0.0168. The fraction of sp³-hybridized carbons (Fsp3) is 0.786. The third-order valence-electron chi connectivity index (χ3n) is 4.08. The van der Waals surface area contributed by atoms with Crippen molar-refractivity contribution in [2.24, 2.45) is 5.92 Å². The molecule has 0 radical (unpaired) electrons. The highest BCUT2D eigenvalue weighted by atomic mass is 16.5. The lowest BCUT2D eigenvalue weighted by Crippen LogP contribution is -2.38. The minimum absolute atomic E-state index is 0.131. The molecule has 1 aliphatic rings. The first-order valence-electron chi connectivity index (χ1n) is 7.23. The summed E-state index contributed by atoms with van der Waals surface area (Å²) in [6, 6.07) is 0. The van der Waals surface area contributed by atoms with Gasteiger partial charge in [-0.05, 0) is 31.8 Å². The normalized spacial score (nSPS) is 19.4. The van der Waals surface area contributed by atoms with Gasteiger partial charge in [0.05, 0.1) is 31.3 Å². The molecule has 1 unspecified atom stereocenters. The molecule has 6 heteroatoms. The topological polar surface area (TPSA) is 70.8 Å². The van der Waals surface area contributed by atoms with Crippen LogP contribution in [0.15, 0.2) is 12.5 Å². The highest BCUT2D eigenvalue weighted by Crippen LogP contribution is 2.21. The van der Waals surface area contributed by atoms with Crippen molar-refractivity contribution < 1.29 is 14.9 Å². The predicted molar refractivity (Wildman–Crippen MR) is 75.2 cm³/mol. The summed E-state index contributed by atoms with van der Waals surface area (Å²) in [7, 11) is 1.70. The predicted octanol–water partition coefficient (Wildman–Crippen LogP) is 0.0947. The van der Waals surface area contributed by atoms with Gasteiger partial charge in [-0.15, -0.1) is 0 Å². The maximum absolute atomic E-state index is 9.67. The van der Waals surface area contributed by atoms with Crippen molar-refractivity contribution in [3.8, 4) is 0 Å². The second kappa shape index (κ2) is 7.73. The number of methoxy groups -OCH3 is 1. The van der Waals surface area contributed by atoms with Crippen molar-refractivity contribution in [3.63, 3.8) is 0 Å². The molecule has 0 amide bonds. The number of likely N-dealkylation sites (tertiary alicyclic amines) is 1. The van der Waals surface area contributed by atoms with Gasteiger partial charge in [0.25, 0.3) is 0 Å². The molecule has 2 N–H and O–H groups in total. The molecule has 0 saturated carbocycles. The van der Waals surface area contributed by atoms with E-state index in [2.05, 4.69) is 14.5 Å². The highest BCUT2D eigenvalue weighted by molar-refractivity contribution is 4.99. The van der Waals surface area contributed by atoms with E-state index in [9.17, 15) is 5.11 Å². The zero-order chi connectivity index (χ0) is 14.4. The summed E-state index contributed by atoms with van der Waals surface area (Å²) in [5, 5.41) is 18.7. The van der Waals surface area contributed by atoms with Crippen LogP contribution in [0, 0.1) is 5.92 Å². The van der Waals surface area contributed by atoms with Crippen molar-refractivity contribution in [3.05, 3.63) is 18.2 Å². The summed E-state index contributed by atoms with van der Waals surface area (Å²) in [6.07, 6.45) is 5.06. The van der Waals surface area contributed by atoms with E-state index in [1.165, 1.54) is 5.69 Å². The largest absolute Gasteiger partial charge is 0.394 e. The lowest BCUT2D eigenvalue weighted by atomic mass is 9.91. The Morgan fingerprint density at radius 1 is 1.45 bits per heavy atom. The molecule has 1 aromatic heterocycles. The van der Waals surface area contributed by atoms with Gasteiger partial charge in [0.15, 0.2) is 0 Å². The maximum atomic E-state index is 9.67. The molecule has 1 fully saturated rings. The summed E-state index contributed by atoms with van der Waals surface area (Å²) in [4.78, 5) is 6.58. The quantitative estimate of drug-likeness (QED) is 0.742. The third-order valence-corrected chi connectivity index (χ3v) is 4.08. The van der Waals surface area contributed by atoms with E-state index in [1.54, 1.807) is 7.11 Å². The number of rotatable bonds is 7. The molecule has 20 heavy (non-hydrogen) atoms. The number of imidazole rings is 1. The zero-order valence-electron chi connectivity index (χ0n) is 12.1. The molecule has 1 atom stereocenters. The second-order valence-corrected chi connectivity index (χ2v) is 5.43. The highest BCUT2D eigenvalue weighted by Gasteiger charge is 2.25. The van der Waals surface area contributed by atoms with Crippen molar-refractivity contribution in [1.29, 1.82) is 0 Å². The summed E-state index contributed by atoms with van der Waals surface area (Å²) < 4.78 is 7.22. The average Bonchev–Trinajstić information content (AvgIpc) is 2.92. The van der Waals surface area contributed by atoms with Crippen molar-refractivity contribution in [2.45, 2.75) is 32.0 Å². The van der Waals surface area contributed by atoms with Crippen LogP contribution in [0.25, 0.3) is 0 Å². The van der Waals surface area contributed by atoms with E-state index in [1.807, 2.05) is 12.5 Å². The Labute approximate surface area is 120 Å². The minimum atomic E-state index is -0.565. The van der Waals surface area contributed by atoms with Crippen LogP contribution >= 0.6 is 0 Å². The first-order valence-corrected chi connectivity index (χ1v) is 7.23. The van der Waals surface area contributed by atoms with Gasteiger partial charge in [-0.2, -0.15) is 0 Å². The first kappa shape index (κ1) is 15.4. The van der Waals surface area contributed by atoms with E-state index in [0.29, 0.717) is 6.61 Å². The Kier molecular flexibility index (Phi) is 5.97. The Bertz CT molecular complexity index is 389. The van der Waals surface area contributed by atoms with Crippen LogP contribution in [0.2, 0.25) is 0 Å². The summed E-state index contributed by atoms with van der Waals surface area (Å²) in [5.74, 6) is 0.231. The van der Waals surface area contributed by atoms with E-state index in [-0.39, 0.29) is 12.5 Å². The fourth-order valence-electron chi connectivity index (χ4n) is 2.74. The fourth-order valence-corrected chi connectivity index (χ4v) is 2.74. The maximum Gasteiger partial charge on any atom is 0.0949 e. The molecule has 0 spiro atoms. The van der Waals surface area contributed by atoms with E-state index in [4.69, 9.17) is 9.84 Å². The molecule has 2 rings (SSSR count). The molecular formula is C14H25N3O3. The zero-order valence-corrected chi connectivity index (χ0v) is 12.1. The molecule has 0 bridgehead atoms. The molecule has 1 aromatic rings. The number of hydrogen-bond donors (Lipinski definition) is 2. The molecule has 1 saturated heterocycles. The summed E-state index contributed by atoms with van der Waals surface area (Å²) in [6.45, 7) is 4.17. The Balaban J connectivity index is 1.82. The van der Waals surface area contributed by atoms with Crippen LogP contribution < -0.4 is 0 Å². The van der Waals surface area contributed by atoms with Gasteiger partial charge < -0.3 is 19.5 Å². The number of aliphatic hydroxyl groups excluding tert-OH is 2. The average molecular weight is 283 g/mol. The van der Waals surface area contributed by atoms with Gasteiger partial charge in [-0.25, -0.2) is 4.98 Å². The smallest absolute Gasteiger partial charge is 0.0949 e. The number of nitrogens with zero attached hydrogens (tertiary/aromatic N) is 3. The van der Waals surface area contributed by atoms with Crippen LogP contribution in [-0.2, 0) is 17.8 Å². The number of aliphatic hydroxyl groups is 2. The number of ether oxygens (including phenoxy) is 1. The molecule has 114 valence electrons. The van der Waals surface area contributed by atoms with Crippen LogP contribution in [0.4, 0.5) is 0 Å². The standard InChI is InChI=1S/C14H25N3O3/c1-20-7-6-17-11-15-8-13(17)9-16-4-2-12(3-5-16)14(19)10-18/h8,11-12,14,18-19H,2-7,9-10H2,1H3. The van der Waals surface area contributed by atoms with Crippen LogP contribution in [0.1, 0.15) is 18.5 Å². The Hall–Kier alpha value is -0.950. The van der Waals surface area contributed by atoms with Gasteiger partial charge in [-0.1, -0.05) is 0 Å². The van der Waals surface area contributed by atoms with Gasteiger partial charge in [-0.3, -0.25) is 4.90 Å². The Morgan fingerprint density at radius 3 is 2.85 bits per heavy atom. The van der Waals surface area contributed by atoms with Crippen LogP contribution in [0.5, 0.6) is 0 Å². The number of piperidine rings is 1. The molecule has 1 aliphatic heterocycles. The van der Waals surface area contributed by atoms with Crippen molar-refractivity contribution in [1.82, 2.24) is 14.5 Å². The van der Waals surface area contributed by atoms with Crippen molar-refractivity contribution >= 4 is 0 Å². The molecular weight excluding hydrogens is 258 g/mol. The van der Waals surface area contributed by atoms with E-state index >= 15 is 0 Å². The first-order chi connectivity index (χ1) is 9.74. The van der Waals surface area contributed by atoms with Crippen LogP contribution in [-0.4, -0.2) is 64.2 Å². The van der Waals surface area contributed by atoms with Gasteiger partial charge >= 0.3 is 0 Å². The Morgan fingerprint density at radius 2 is 2.20 bits per heavy atom. The summed E-state index contributed by atoms with van der Waals surface area (Å²) >= 11 is 0. The lowest BCUT2D eigenvalue weighted by Gasteiger charge is -2.33. The molecule has 6 nitrogen and oxygen atoms in total. The SMILES string of the molecule is COCCn1cncc1CN1CCC(C(O)CO)CC1. The van der Waals surface area contributed by atoms with Crippen LogP contribution in [0.3, 0.4) is 0 Å². The third kappa shape index (κ3) is 4.02. The summed E-state index contributed by atoms with van der Waals surface area (Å²) in [5.41, 5.74) is 1.20. The molecule has 0 aliphatic carbocycles. The van der Waals surface area contributed by atoms with E-state index < -0.39 is 6.10 Å².